The maximum absolute atomic E-state index is 5.71. The molecule has 0 unspecified atom stereocenters. The molecule has 0 heterocycles. The van der Waals surface area contributed by atoms with Gasteiger partial charge in [-0.05, 0) is 201 Å². The van der Waals surface area contributed by atoms with Gasteiger partial charge in [0.25, 0.3) is 0 Å². The largest absolute Gasteiger partial charge is 0.497 e. The highest BCUT2D eigenvalue weighted by atomic mass is 16.5. The minimum Gasteiger partial charge on any atom is -0.497 e. The van der Waals surface area contributed by atoms with Crippen LogP contribution in [0.2, 0.25) is 0 Å². The molecular weight excluding hydrogens is 813 g/mol. The summed E-state index contributed by atoms with van der Waals surface area (Å²) in [6, 6.07) is 68.5. The molecule has 0 fully saturated rings. The number of hydrogen-bond donors (Lipinski definition) is 0. The lowest BCUT2D eigenvalue weighted by Gasteiger charge is -2.23. The second-order valence-electron chi connectivity index (χ2n) is 20.5. The number of fused-ring (bicyclic) bond motifs is 9. The normalized spacial score (nSPS) is 14.9. The third kappa shape index (κ3) is 6.30. The van der Waals surface area contributed by atoms with Gasteiger partial charge in [-0.3, -0.25) is 0 Å². The van der Waals surface area contributed by atoms with Gasteiger partial charge in [-0.2, -0.15) is 0 Å². The van der Waals surface area contributed by atoms with Crippen LogP contribution in [0.15, 0.2) is 182 Å². The van der Waals surface area contributed by atoms with E-state index in [-0.39, 0.29) is 16.2 Å². The summed E-state index contributed by atoms with van der Waals surface area (Å²) in [4.78, 5) is 0. The fraction of sp³-hybridized carbons (Fsp3) is 0.169. The fourth-order valence-electron chi connectivity index (χ4n) is 11.8. The Kier molecular flexibility index (Phi) is 9.06. The summed E-state index contributed by atoms with van der Waals surface area (Å²) in [6.07, 6.45) is 0. The molecule has 9 aromatic carbocycles. The first-order valence-electron chi connectivity index (χ1n) is 23.6. The van der Waals surface area contributed by atoms with Gasteiger partial charge in [-0.15, -0.1) is 0 Å². The molecule has 0 bridgehead atoms. The lowest BCUT2D eigenvalue weighted by Crippen LogP contribution is -2.15. The SMILES string of the molecule is COc1ccc2c(c1)C(C)(C)c1cc(-c3cc(-c4cc(-c5ccccc5)cc(-c5ccc6c(c5)C(C)(C)c5ccccc5-6)c4)cc(-c4ccc5c(c4)C(C)(C)c4cc(OC)ccc4-5)c3)ccc1-2. The molecule has 12 rings (SSSR count). The average molecular weight is 867 g/mol. The van der Waals surface area contributed by atoms with E-state index in [0.717, 1.165) is 11.5 Å². The Bertz CT molecular complexity index is 3380. The Labute approximate surface area is 395 Å². The third-order valence-electron chi connectivity index (χ3n) is 15.7. The van der Waals surface area contributed by atoms with Crippen LogP contribution in [0.25, 0.3) is 89.0 Å². The highest BCUT2D eigenvalue weighted by Gasteiger charge is 2.38. The van der Waals surface area contributed by atoms with Gasteiger partial charge in [0, 0.05) is 16.2 Å². The zero-order chi connectivity index (χ0) is 46.0. The summed E-state index contributed by atoms with van der Waals surface area (Å²) in [5.41, 5.74) is 27.4. The lowest BCUT2D eigenvalue weighted by molar-refractivity contribution is 0.413. The first-order chi connectivity index (χ1) is 32.3. The van der Waals surface area contributed by atoms with Gasteiger partial charge >= 0.3 is 0 Å². The molecule has 3 aliphatic carbocycles. The molecular formula is C65H54O2. The minimum atomic E-state index is -0.191. The van der Waals surface area contributed by atoms with Crippen molar-refractivity contribution >= 4 is 0 Å². The van der Waals surface area contributed by atoms with E-state index in [1.165, 1.54) is 122 Å². The van der Waals surface area contributed by atoms with Crippen LogP contribution in [-0.4, -0.2) is 14.2 Å². The molecule has 0 aromatic heterocycles. The number of ether oxygens (including phenoxy) is 2. The van der Waals surface area contributed by atoms with Crippen LogP contribution < -0.4 is 9.47 Å². The molecule has 326 valence electrons. The summed E-state index contributed by atoms with van der Waals surface area (Å²) in [6.45, 7) is 14.1. The van der Waals surface area contributed by atoms with Crippen molar-refractivity contribution in [2.24, 2.45) is 0 Å². The van der Waals surface area contributed by atoms with Crippen molar-refractivity contribution in [1.82, 2.24) is 0 Å². The Balaban J connectivity index is 1.05. The highest BCUT2D eigenvalue weighted by Crippen LogP contribution is 2.54. The average Bonchev–Trinajstić information content (AvgIpc) is 3.84. The van der Waals surface area contributed by atoms with Gasteiger partial charge in [0.15, 0.2) is 0 Å². The molecule has 67 heavy (non-hydrogen) atoms. The summed E-state index contributed by atoms with van der Waals surface area (Å²) >= 11 is 0. The molecule has 0 radical (unpaired) electrons. The van der Waals surface area contributed by atoms with Crippen LogP contribution in [0.1, 0.15) is 74.9 Å². The van der Waals surface area contributed by atoms with Crippen LogP contribution in [0.3, 0.4) is 0 Å². The van der Waals surface area contributed by atoms with E-state index >= 15 is 0 Å². The number of methoxy groups -OCH3 is 2. The summed E-state index contributed by atoms with van der Waals surface area (Å²) in [5, 5.41) is 0. The Hall–Kier alpha value is -7.42. The van der Waals surface area contributed by atoms with Crippen LogP contribution in [0.4, 0.5) is 0 Å². The maximum atomic E-state index is 5.71. The maximum Gasteiger partial charge on any atom is 0.119 e. The van der Waals surface area contributed by atoms with Gasteiger partial charge in [-0.25, -0.2) is 0 Å². The van der Waals surface area contributed by atoms with E-state index < -0.39 is 0 Å². The molecule has 0 amide bonds. The number of hydrogen-bond acceptors (Lipinski definition) is 2. The first kappa shape index (κ1) is 41.0. The topological polar surface area (TPSA) is 18.5 Å². The van der Waals surface area contributed by atoms with Gasteiger partial charge in [-0.1, -0.05) is 145 Å². The van der Waals surface area contributed by atoms with Crippen LogP contribution in [-0.2, 0) is 16.2 Å². The molecule has 2 heteroatoms. The third-order valence-corrected chi connectivity index (χ3v) is 15.7. The van der Waals surface area contributed by atoms with Crippen LogP contribution in [0.5, 0.6) is 11.5 Å². The molecule has 0 saturated carbocycles. The van der Waals surface area contributed by atoms with Crippen molar-refractivity contribution in [3.8, 4) is 101 Å². The van der Waals surface area contributed by atoms with E-state index in [1.54, 1.807) is 14.2 Å². The predicted octanol–water partition coefficient (Wildman–Crippen LogP) is 17.0. The Morgan fingerprint density at radius 1 is 0.239 bits per heavy atom. The van der Waals surface area contributed by atoms with Crippen molar-refractivity contribution < 1.29 is 9.47 Å². The van der Waals surface area contributed by atoms with Crippen LogP contribution >= 0.6 is 0 Å². The molecule has 2 nitrogen and oxygen atoms in total. The van der Waals surface area contributed by atoms with Crippen molar-refractivity contribution in [3.63, 3.8) is 0 Å². The van der Waals surface area contributed by atoms with E-state index in [9.17, 15) is 0 Å². The highest BCUT2D eigenvalue weighted by molar-refractivity contribution is 5.91. The zero-order valence-corrected chi connectivity index (χ0v) is 39.6. The summed E-state index contributed by atoms with van der Waals surface area (Å²) in [5.74, 6) is 1.78. The smallest absolute Gasteiger partial charge is 0.119 e. The van der Waals surface area contributed by atoms with Crippen molar-refractivity contribution in [1.29, 1.82) is 0 Å². The lowest BCUT2D eigenvalue weighted by atomic mass is 9.80. The predicted molar refractivity (Wildman–Crippen MR) is 279 cm³/mol. The molecule has 0 saturated heterocycles. The molecule has 0 N–H and O–H groups in total. The van der Waals surface area contributed by atoms with Gasteiger partial charge in [0.2, 0.25) is 0 Å². The first-order valence-corrected chi connectivity index (χ1v) is 23.6. The Morgan fingerprint density at radius 2 is 0.537 bits per heavy atom. The number of rotatable bonds is 7. The van der Waals surface area contributed by atoms with Crippen molar-refractivity contribution in [2.45, 2.75) is 57.8 Å². The van der Waals surface area contributed by atoms with E-state index in [2.05, 4.69) is 224 Å². The van der Waals surface area contributed by atoms with Crippen molar-refractivity contribution in [3.05, 3.63) is 215 Å². The van der Waals surface area contributed by atoms with Crippen molar-refractivity contribution in [2.75, 3.05) is 14.2 Å². The van der Waals surface area contributed by atoms with E-state index in [1.807, 2.05) is 0 Å². The van der Waals surface area contributed by atoms with Crippen LogP contribution in [0, 0.1) is 0 Å². The number of benzene rings is 9. The fourth-order valence-corrected chi connectivity index (χ4v) is 11.8. The molecule has 0 aliphatic heterocycles. The zero-order valence-electron chi connectivity index (χ0n) is 39.6. The second kappa shape index (κ2) is 14.8. The van der Waals surface area contributed by atoms with Gasteiger partial charge in [0.1, 0.15) is 11.5 Å². The second-order valence-corrected chi connectivity index (χ2v) is 20.5. The van der Waals surface area contributed by atoms with Gasteiger partial charge in [0.05, 0.1) is 14.2 Å². The minimum absolute atomic E-state index is 0.0965. The molecule has 9 aromatic rings. The van der Waals surface area contributed by atoms with E-state index in [4.69, 9.17) is 9.47 Å². The summed E-state index contributed by atoms with van der Waals surface area (Å²) in [7, 11) is 3.50. The molecule has 0 atom stereocenters. The monoisotopic (exact) mass is 866 g/mol. The van der Waals surface area contributed by atoms with Gasteiger partial charge < -0.3 is 9.47 Å². The Morgan fingerprint density at radius 3 is 0.940 bits per heavy atom. The van der Waals surface area contributed by atoms with E-state index in [0.29, 0.717) is 0 Å². The standard InChI is InChI=1S/C65H54O2/c1-63(2)57-17-13-12-16-51(57)52-23-18-40(34-58(52)63)44-28-43(39-14-10-9-11-15-39)29-47(31-44)48-32-45(41-19-24-53-55-26-21-49(66-7)37-61(55)64(3,4)59(53)35-41)30-46(33-48)42-20-25-54-56-27-22-50(67-8)38-62(56)65(5,6)60(54)36-42/h9-38H,1-8H3. The molecule has 3 aliphatic rings. The summed E-state index contributed by atoms with van der Waals surface area (Å²) < 4.78 is 11.4. The molecule has 0 spiro atoms. The quantitative estimate of drug-likeness (QED) is 0.159.